The van der Waals surface area contributed by atoms with Gasteiger partial charge >= 0.3 is 0 Å². The van der Waals surface area contributed by atoms with Gasteiger partial charge in [-0.1, -0.05) is 35.8 Å². The normalized spacial score (nSPS) is 15.5. The fourth-order valence-corrected chi connectivity index (χ4v) is 5.87. The Labute approximate surface area is 178 Å². The van der Waals surface area contributed by atoms with Crippen LogP contribution in [0.25, 0.3) is 20.2 Å². The van der Waals surface area contributed by atoms with Crippen molar-refractivity contribution in [2.75, 3.05) is 37.6 Å². The van der Waals surface area contributed by atoms with Crippen molar-refractivity contribution < 1.29 is 0 Å². The molecular weight excluding hydrogens is 400 g/mol. The van der Waals surface area contributed by atoms with E-state index >= 15 is 0 Å². The molecule has 0 atom stereocenters. The molecular formula is C22H24N4OS2. The lowest BCUT2D eigenvalue weighted by molar-refractivity contribution is 0.251. The van der Waals surface area contributed by atoms with Crippen LogP contribution in [0.5, 0.6) is 0 Å². The number of hydrogen-bond acceptors (Lipinski definition) is 6. The van der Waals surface area contributed by atoms with E-state index in [4.69, 9.17) is 4.37 Å². The Morgan fingerprint density at radius 1 is 0.828 bits per heavy atom. The molecule has 2 aromatic heterocycles. The van der Waals surface area contributed by atoms with Gasteiger partial charge in [0.2, 0.25) is 0 Å². The summed E-state index contributed by atoms with van der Waals surface area (Å²) in [6, 6.07) is 16.4. The molecule has 0 spiro atoms. The van der Waals surface area contributed by atoms with Gasteiger partial charge in [0.05, 0.1) is 14.8 Å². The predicted molar refractivity (Wildman–Crippen MR) is 124 cm³/mol. The Hall–Kier alpha value is -2.22. The first-order valence-corrected chi connectivity index (χ1v) is 11.7. The van der Waals surface area contributed by atoms with Crippen LogP contribution < -0.4 is 10.5 Å². The minimum absolute atomic E-state index is 0.162. The maximum Gasteiger partial charge on any atom is 0.268 e. The largest absolute Gasteiger partial charge is 0.353 e. The highest BCUT2D eigenvalue weighted by atomic mass is 32.1. The molecule has 2 aromatic carbocycles. The SMILES string of the molecule is O=c1c2ccccc2sn1CCCCN1CCN(c2nsc3ccccc23)CC1. The van der Waals surface area contributed by atoms with Crippen molar-refractivity contribution in [1.82, 2.24) is 13.2 Å². The fraction of sp³-hybridized carbons (Fsp3) is 0.364. The highest BCUT2D eigenvalue weighted by molar-refractivity contribution is 7.14. The van der Waals surface area contributed by atoms with Gasteiger partial charge < -0.3 is 4.90 Å². The first kappa shape index (κ1) is 18.8. The monoisotopic (exact) mass is 424 g/mol. The quantitative estimate of drug-likeness (QED) is 0.433. The number of hydrogen-bond donors (Lipinski definition) is 0. The molecule has 1 saturated heterocycles. The van der Waals surface area contributed by atoms with Crippen LogP contribution >= 0.6 is 23.1 Å². The van der Waals surface area contributed by atoms with Gasteiger partial charge in [0, 0.05) is 38.1 Å². The molecule has 1 aliphatic rings. The second kappa shape index (κ2) is 8.26. The van der Waals surface area contributed by atoms with E-state index in [-0.39, 0.29) is 5.56 Å². The minimum Gasteiger partial charge on any atom is -0.353 e. The fourth-order valence-electron chi connectivity index (χ4n) is 4.04. The molecule has 0 aliphatic carbocycles. The van der Waals surface area contributed by atoms with Gasteiger partial charge in [-0.05, 0) is 55.2 Å². The highest BCUT2D eigenvalue weighted by Crippen LogP contribution is 2.29. The van der Waals surface area contributed by atoms with E-state index in [9.17, 15) is 4.79 Å². The summed E-state index contributed by atoms with van der Waals surface area (Å²) in [4.78, 5) is 17.4. The van der Waals surface area contributed by atoms with E-state index in [2.05, 4.69) is 34.1 Å². The van der Waals surface area contributed by atoms with Crippen LogP contribution in [0.1, 0.15) is 12.8 Å². The summed E-state index contributed by atoms with van der Waals surface area (Å²) in [6.45, 7) is 6.14. The Balaban J connectivity index is 1.11. The van der Waals surface area contributed by atoms with Crippen LogP contribution in [0.2, 0.25) is 0 Å². The molecule has 7 heteroatoms. The molecule has 5 rings (SSSR count). The smallest absolute Gasteiger partial charge is 0.268 e. The Morgan fingerprint density at radius 2 is 1.52 bits per heavy atom. The molecule has 0 radical (unpaired) electrons. The molecule has 1 fully saturated rings. The second-order valence-corrected chi connectivity index (χ2v) is 9.40. The van der Waals surface area contributed by atoms with Gasteiger partial charge in [0.1, 0.15) is 5.82 Å². The average Bonchev–Trinajstić information content (AvgIpc) is 3.33. The van der Waals surface area contributed by atoms with Crippen LogP contribution in [-0.4, -0.2) is 46.0 Å². The van der Waals surface area contributed by atoms with E-state index in [0.717, 1.165) is 68.0 Å². The van der Waals surface area contributed by atoms with E-state index < -0.39 is 0 Å². The summed E-state index contributed by atoms with van der Waals surface area (Å²) in [6.07, 6.45) is 2.17. The van der Waals surface area contributed by atoms with Crippen LogP contribution in [0.4, 0.5) is 5.82 Å². The zero-order chi connectivity index (χ0) is 19.6. The third-order valence-electron chi connectivity index (χ3n) is 5.67. The molecule has 1 aliphatic heterocycles. The lowest BCUT2D eigenvalue weighted by Gasteiger charge is -2.35. The molecule has 0 amide bonds. The van der Waals surface area contributed by atoms with E-state index in [1.807, 2.05) is 28.2 Å². The maximum absolute atomic E-state index is 12.4. The third-order valence-corrected chi connectivity index (χ3v) is 7.61. The van der Waals surface area contributed by atoms with E-state index in [1.54, 1.807) is 23.1 Å². The van der Waals surface area contributed by atoms with Crippen molar-refractivity contribution in [1.29, 1.82) is 0 Å². The average molecular weight is 425 g/mol. The molecule has 0 N–H and O–H groups in total. The summed E-state index contributed by atoms with van der Waals surface area (Å²) in [7, 11) is 0. The number of rotatable bonds is 6. The number of unbranched alkanes of at least 4 members (excludes halogenated alkanes) is 1. The van der Waals surface area contributed by atoms with Gasteiger partial charge in [0.15, 0.2) is 0 Å². The van der Waals surface area contributed by atoms with Gasteiger partial charge in [0.25, 0.3) is 5.56 Å². The molecule has 4 aromatic rings. The number of benzene rings is 2. The summed E-state index contributed by atoms with van der Waals surface area (Å²) < 4.78 is 8.96. The lowest BCUT2D eigenvalue weighted by Crippen LogP contribution is -2.46. The second-order valence-electron chi connectivity index (χ2n) is 7.53. The van der Waals surface area contributed by atoms with Crippen molar-refractivity contribution in [3.63, 3.8) is 0 Å². The summed E-state index contributed by atoms with van der Waals surface area (Å²) >= 11 is 3.18. The van der Waals surface area contributed by atoms with Gasteiger partial charge in [-0.3, -0.25) is 13.7 Å². The lowest BCUT2D eigenvalue weighted by atomic mass is 10.2. The maximum atomic E-state index is 12.4. The van der Waals surface area contributed by atoms with Crippen molar-refractivity contribution in [2.45, 2.75) is 19.4 Å². The molecule has 0 bridgehead atoms. The Kier molecular flexibility index (Phi) is 5.35. The summed E-state index contributed by atoms with van der Waals surface area (Å²) in [5.41, 5.74) is 0.162. The van der Waals surface area contributed by atoms with Crippen LogP contribution in [0.3, 0.4) is 0 Å². The molecule has 29 heavy (non-hydrogen) atoms. The van der Waals surface area contributed by atoms with Crippen LogP contribution in [0, 0.1) is 0 Å². The number of nitrogens with zero attached hydrogens (tertiary/aromatic N) is 4. The number of piperazine rings is 1. The number of aryl methyl sites for hydroxylation is 1. The topological polar surface area (TPSA) is 41.4 Å². The number of anilines is 1. The van der Waals surface area contributed by atoms with E-state index in [0.29, 0.717) is 0 Å². The molecule has 0 unspecified atom stereocenters. The highest BCUT2D eigenvalue weighted by Gasteiger charge is 2.20. The number of aromatic nitrogens is 2. The van der Waals surface area contributed by atoms with Crippen LogP contribution in [0.15, 0.2) is 53.3 Å². The first-order valence-electron chi connectivity index (χ1n) is 10.2. The van der Waals surface area contributed by atoms with Gasteiger partial charge in [-0.25, -0.2) is 0 Å². The zero-order valence-corrected chi connectivity index (χ0v) is 17.9. The van der Waals surface area contributed by atoms with Crippen molar-refractivity contribution >= 4 is 49.1 Å². The zero-order valence-electron chi connectivity index (χ0n) is 16.3. The van der Waals surface area contributed by atoms with Crippen molar-refractivity contribution in [2.24, 2.45) is 0 Å². The standard InChI is InChI=1S/C22H24N4OS2/c27-22-18-8-2-4-10-20(18)29-26(22)12-6-5-11-24-13-15-25(16-14-24)21-17-7-1-3-9-19(17)28-23-21/h1-4,7-10H,5-6,11-16H2. The van der Waals surface area contributed by atoms with Crippen LogP contribution in [-0.2, 0) is 6.54 Å². The van der Waals surface area contributed by atoms with E-state index in [1.165, 1.54) is 10.1 Å². The Morgan fingerprint density at radius 3 is 2.31 bits per heavy atom. The summed E-state index contributed by atoms with van der Waals surface area (Å²) in [5.74, 6) is 1.15. The Bertz CT molecular complexity index is 1170. The predicted octanol–water partition coefficient (Wildman–Crippen LogP) is 4.28. The molecule has 3 heterocycles. The van der Waals surface area contributed by atoms with Gasteiger partial charge in [-0.15, -0.1) is 0 Å². The third kappa shape index (κ3) is 3.82. The molecule has 5 nitrogen and oxygen atoms in total. The van der Waals surface area contributed by atoms with Crippen molar-refractivity contribution in [3.05, 3.63) is 58.9 Å². The number of fused-ring (bicyclic) bond motifs is 2. The van der Waals surface area contributed by atoms with Crippen molar-refractivity contribution in [3.8, 4) is 0 Å². The molecule has 150 valence electrons. The minimum atomic E-state index is 0.162. The van der Waals surface area contributed by atoms with Gasteiger partial charge in [-0.2, -0.15) is 4.37 Å². The summed E-state index contributed by atoms with van der Waals surface area (Å²) in [5, 5.41) is 2.13. The molecule has 0 saturated carbocycles. The first-order chi connectivity index (χ1) is 14.3.